The van der Waals surface area contributed by atoms with E-state index in [1.165, 1.54) is 0 Å². The molecule has 1 aliphatic carbocycles. The molecule has 4 aromatic carbocycles. The van der Waals surface area contributed by atoms with Crippen LogP contribution in [0.4, 0.5) is 0 Å². The van der Waals surface area contributed by atoms with Gasteiger partial charge in [0.2, 0.25) is 0 Å². The number of nitrogens with one attached hydrogen (secondary N) is 2. The van der Waals surface area contributed by atoms with Crippen LogP contribution in [0.15, 0.2) is 146 Å². The van der Waals surface area contributed by atoms with Crippen molar-refractivity contribution in [2.75, 3.05) is 0 Å². The zero-order valence-corrected chi connectivity index (χ0v) is 26.6. The van der Waals surface area contributed by atoms with Crippen LogP contribution < -0.4 is 10.6 Å². The molecule has 2 N–H and O–H groups in total. The Kier molecular flexibility index (Phi) is 9.14. The van der Waals surface area contributed by atoms with Gasteiger partial charge in [0.15, 0.2) is 0 Å². The Labute approximate surface area is 280 Å². The van der Waals surface area contributed by atoms with Crippen LogP contribution in [-0.2, 0) is 0 Å². The predicted molar refractivity (Wildman–Crippen MR) is 191 cm³/mol. The number of aromatic nitrogens is 2. The summed E-state index contributed by atoms with van der Waals surface area (Å²) < 4.78 is 0. The average Bonchev–Trinajstić information content (AvgIpc) is 3.16. The molecule has 6 heteroatoms. The van der Waals surface area contributed by atoms with E-state index in [0.717, 1.165) is 70.7 Å². The summed E-state index contributed by atoms with van der Waals surface area (Å²) in [7, 11) is 0. The van der Waals surface area contributed by atoms with Gasteiger partial charge < -0.3 is 10.6 Å². The van der Waals surface area contributed by atoms with E-state index in [4.69, 9.17) is 9.97 Å². The number of carbonyl (C=O) groups excluding carboxylic acids is 2. The molecular weight excluding hydrogens is 592 g/mol. The van der Waals surface area contributed by atoms with E-state index in [0.29, 0.717) is 11.1 Å². The van der Waals surface area contributed by atoms with Gasteiger partial charge in [0.25, 0.3) is 11.8 Å². The Morgan fingerprint density at radius 2 is 0.667 bits per heavy atom. The SMILES string of the molecule is O=C(NC1CCC(NC(=O)c2cc(-c3ccccc3)nc(-c3ccccc3)c2)CC1)c1cc(-c2ccccc2)nc(-c2ccccc2)c1. The highest BCUT2D eigenvalue weighted by Gasteiger charge is 2.25. The van der Waals surface area contributed by atoms with Crippen LogP contribution in [-0.4, -0.2) is 33.9 Å². The van der Waals surface area contributed by atoms with Gasteiger partial charge in [-0.3, -0.25) is 9.59 Å². The van der Waals surface area contributed by atoms with E-state index >= 15 is 0 Å². The topological polar surface area (TPSA) is 84.0 Å². The van der Waals surface area contributed by atoms with Crippen LogP contribution in [0.3, 0.4) is 0 Å². The molecule has 1 saturated carbocycles. The fraction of sp³-hybridized carbons (Fsp3) is 0.143. The van der Waals surface area contributed by atoms with Crippen LogP contribution in [0.5, 0.6) is 0 Å². The molecule has 0 atom stereocenters. The van der Waals surface area contributed by atoms with Gasteiger partial charge in [-0.05, 0) is 49.9 Å². The first-order valence-corrected chi connectivity index (χ1v) is 16.5. The van der Waals surface area contributed by atoms with Gasteiger partial charge in [-0.1, -0.05) is 121 Å². The molecule has 6 nitrogen and oxygen atoms in total. The van der Waals surface area contributed by atoms with Crippen LogP contribution in [0.25, 0.3) is 45.0 Å². The number of hydrogen-bond acceptors (Lipinski definition) is 4. The quantitative estimate of drug-likeness (QED) is 0.177. The molecule has 7 rings (SSSR count). The number of rotatable bonds is 8. The summed E-state index contributed by atoms with van der Waals surface area (Å²) in [5, 5.41) is 6.52. The normalized spacial score (nSPS) is 15.8. The zero-order valence-electron chi connectivity index (χ0n) is 26.6. The highest BCUT2D eigenvalue weighted by molar-refractivity contribution is 5.97. The molecule has 0 aliphatic heterocycles. The summed E-state index contributed by atoms with van der Waals surface area (Å²) in [5.74, 6) is -0.226. The molecule has 6 aromatic rings. The van der Waals surface area contributed by atoms with Gasteiger partial charge in [-0.25, -0.2) is 9.97 Å². The van der Waals surface area contributed by atoms with Gasteiger partial charge >= 0.3 is 0 Å². The van der Waals surface area contributed by atoms with Gasteiger partial charge in [0.05, 0.1) is 22.8 Å². The van der Waals surface area contributed by atoms with E-state index in [-0.39, 0.29) is 23.9 Å². The lowest BCUT2D eigenvalue weighted by atomic mass is 9.90. The number of carbonyl (C=O) groups is 2. The van der Waals surface area contributed by atoms with Crippen LogP contribution in [0.2, 0.25) is 0 Å². The Morgan fingerprint density at radius 1 is 0.417 bits per heavy atom. The highest BCUT2D eigenvalue weighted by Crippen LogP contribution is 2.28. The van der Waals surface area contributed by atoms with E-state index < -0.39 is 0 Å². The number of amides is 2. The van der Waals surface area contributed by atoms with Crippen molar-refractivity contribution in [2.24, 2.45) is 0 Å². The van der Waals surface area contributed by atoms with Gasteiger partial charge in [0.1, 0.15) is 0 Å². The number of nitrogens with zero attached hydrogens (tertiary/aromatic N) is 2. The first kappa shape index (κ1) is 30.8. The number of pyridine rings is 2. The summed E-state index contributed by atoms with van der Waals surface area (Å²) in [6.45, 7) is 0. The smallest absolute Gasteiger partial charge is 0.251 e. The molecule has 1 aliphatic rings. The molecule has 1 fully saturated rings. The first-order valence-electron chi connectivity index (χ1n) is 16.5. The van der Waals surface area contributed by atoms with Crippen molar-refractivity contribution in [1.29, 1.82) is 0 Å². The minimum Gasteiger partial charge on any atom is -0.349 e. The van der Waals surface area contributed by atoms with Crippen molar-refractivity contribution < 1.29 is 9.59 Å². The van der Waals surface area contributed by atoms with Crippen molar-refractivity contribution in [2.45, 2.75) is 37.8 Å². The summed E-state index contributed by atoms with van der Waals surface area (Å²) in [5.41, 5.74) is 8.04. The maximum Gasteiger partial charge on any atom is 0.251 e. The second-order valence-corrected chi connectivity index (χ2v) is 12.2. The summed E-state index contributed by atoms with van der Waals surface area (Å²) >= 11 is 0. The van der Waals surface area contributed by atoms with E-state index in [2.05, 4.69) is 10.6 Å². The number of hydrogen-bond donors (Lipinski definition) is 2. The fourth-order valence-corrected chi connectivity index (χ4v) is 6.27. The van der Waals surface area contributed by atoms with Crippen molar-refractivity contribution in [1.82, 2.24) is 20.6 Å². The maximum atomic E-state index is 13.6. The lowest BCUT2D eigenvalue weighted by molar-refractivity contribution is 0.0892. The minimum atomic E-state index is -0.113. The van der Waals surface area contributed by atoms with Crippen molar-refractivity contribution >= 4 is 11.8 Å². The van der Waals surface area contributed by atoms with Crippen molar-refractivity contribution in [3.05, 3.63) is 157 Å². The zero-order chi connectivity index (χ0) is 32.7. The average molecular weight is 629 g/mol. The third kappa shape index (κ3) is 7.24. The summed E-state index contributed by atoms with van der Waals surface area (Å²) in [4.78, 5) is 37.0. The molecule has 2 amide bonds. The van der Waals surface area contributed by atoms with Crippen LogP contribution in [0.1, 0.15) is 46.4 Å². The predicted octanol–water partition coefficient (Wildman–Crippen LogP) is 8.62. The molecule has 2 heterocycles. The van der Waals surface area contributed by atoms with Gasteiger partial charge in [0, 0.05) is 45.5 Å². The van der Waals surface area contributed by atoms with E-state index in [1.807, 2.05) is 146 Å². The molecule has 0 bridgehead atoms. The third-order valence-electron chi connectivity index (χ3n) is 8.85. The van der Waals surface area contributed by atoms with Gasteiger partial charge in [-0.15, -0.1) is 0 Å². The first-order chi connectivity index (χ1) is 23.6. The Morgan fingerprint density at radius 3 is 0.917 bits per heavy atom. The largest absolute Gasteiger partial charge is 0.349 e. The lowest BCUT2D eigenvalue weighted by Crippen LogP contribution is -2.43. The van der Waals surface area contributed by atoms with Crippen molar-refractivity contribution in [3.63, 3.8) is 0 Å². The van der Waals surface area contributed by atoms with E-state index in [1.54, 1.807) is 0 Å². The monoisotopic (exact) mass is 628 g/mol. The third-order valence-corrected chi connectivity index (χ3v) is 8.85. The standard InChI is InChI=1S/C42H36N4O2/c47-41(33-25-37(29-13-5-1-6-14-29)45-38(26-33)30-15-7-2-8-16-30)43-35-21-23-36(24-22-35)44-42(48)34-27-39(31-17-9-3-10-18-31)46-40(28-34)32-19-11-4-12-20-32/h1-20,25-28,35-36H,21-24H2,(H,43,47)(H,44,48). The van der Waals surface area contributed by atoms with Crippen molar-refractivity contribution in [3.8, 4) is 45.0 Å². The molecule has 0 saturated heterocycles. The fourth-order valence-electron chi connectivity index (χ4n) is 6.27. The van der Waals surface area contributed by atoms with Gasteiger partial charge in [-0.2, -0.15) is 0 Å². The second kappa shape index (κ2) is 14.3. The molecule has 2 aromatic heterocycles. The lowest BCUT2D eigenvalue weighted by Gasteiger charge is -2.30. The van der Waals surface area contributed by atoms with Crippen LogP contribution >= 0.6 is 0 Å². The molecule has 236 valence electrons. The molecular formula is C42H36N4O2. The Hall–Kier alpha value is -5.88. The number of benzene rings is 4. The molecule has 0 unspecified atom stereocenters. The van der Waals surface area contributed by atoms with E-state index in [9.17, 15) is 9.59 Å². The highest BCUT2D eigenvalue weighted by atomic mass is 16.2. The molecule has 48 heavy (non-hydrogen) atoms. The molecule has 0 radical (unpaired) electrons. The summed E-state index contributed by atoms with van der Waals surface area (Å²) in [6.07, 6.45) is 3.11. The Bertz CT molecular complexity index is 1740. The maximum absolute atomic E-state index is 13.6. The van der Waals surface area contributed by atoms with Crippen LogP contribution in [0, 0.1) is 0 Å². The second-order valence-electron chi connectivity index (χ2n) is 12.2. The minimum absolute atomic E-state index is 0.0226. The summed E-state index contributed by atoms with van der Waals surface area (Å²) in [6, 6.07) is 47.2. The Balaban J connectivity index is 1.03. The molecule has 0 spiro atoms.